The molecule has 0 radical (unpaired) electrons. The zero-order chi connectivity index (χ0) is 15.0. The van der Waals surface area contributed by atoms with E-state index in [0.29, 0.717) is 45.0 Å². The average molecular weight is 308 g/mol. The number of nitrogens with one attached hydrogen (secondary N) is 1. The van der Waals surface area contributed by atoms with Gasteiger partial charge in [0.25, 0.3) is 0 Å². The van der Waals surface area contributed by atoms with Gasteiger partial charge in [-0.2, -0.15) is 0 Å². The van der Waals surface area contributed by atoms with Crippen LogP contribution in [0.5, 0.6) is 0 Å². The Kier molecular flexibility index (Phi) is 7.98. The number of nitrogens with zero attached hydrogens (tertiary/aromatic N) is 1. The van der Waals surface area contributed by atoms with Crippen LogP contribution in [0.25, 0.3) is 0 Å². The zero-order valence-electron chi connectivity index (χ0n) is 12.5. The molecule has 7 heteroatoms. The first-order valence-electron chi connectivity index (χ1n) is 7.39. The first-order valence-corrected chi connectivity index (χ1v) is 9.00. The van der Waals surface area contributed by atoms with Crippen LogP contribution in [-0.2, 0) is 14.8 Å². The van der Waals surface area contributed by atoms with Crippen LogP contribution in [0, 0.1) is 0 Å². The number of aliphatic hydroxyl groups excluding tert-OH is 1. The van der Waals surface area contributed by atoms with Gasteiger partial charge in [-0.3, -0.25) is 0 Å². The van der Waals surface area contributed by atoms with Crippen molar-refractivity contribution in [3.8, 4) is 0 Å². The van der Waals surface area contributed by atoms with Gasteiger partial charge in [0.05, 0.1) is 25.1 Å². The molecule has 2 N–H and O–H groups in total. The van der Waals surface area contributed by atoms with Gasteiger partial charge in [-0.05, 0) is 25.8 Å². The van der Waals surface area contributed by atoms with E-state index in [0.717, 1.165) is 6.54 Å². The third-order valence-corrected chi connectivity index (χ3v) is 5.33. The Morgan fingerprint density at radius 2 is 2.00 bits per heavy atom. The molecule has 1 saturated heterocycles. The fourth-order valence-corrected chi connectivity index (χ4v) is 3.81. The lowest BCUT2D eigenvalue weighted by atomic mass is 10.1. The van der Waals surface area contributed by atoms with E-state index in [2.05, 4.69) is 5.32 Å². The minimum atomic E-state index is -3.14. The Hall–Kier alpha value is -0.210. The summed E-state index contributed by atoms with van der Waals surface area (Å²) in [5, 5.41) is 11.9. The highest BCUT2D eigenvalue weighted by Crippen LogP contribution is 2.17. The second-order valence-corrected chi connectivity index (χ2v) is 7.56. The molecular weight excluding hydrogens is 280 g/mol. The van der Waals surface area contributed by atoms with Crippen molar-refractivity contribution >= 4 is 10.0 Å². The van der Waals surface area contributed by atoms with Crippen LogP contribution in [0.3, 0.4) is 0 Å². The molecule has 0 aliphatic carbocycles. The molecule has 0 amide bonds. The third kappa shape index (κ3) is 6.49. The topological polar surface area (TPSA) is 78.9 Å². The van der Waals surface area contributed by atoms with Crippen molar-refractivity contribution in [3.05, 3.63) is 0 Å². The van der Waals surface area contributed by atoms with Gasteiger partial charge in [-0.15, -0.1) is 0 Å². The number of piperidine rings is 1. The van der Waals surface area contributed by atoms with E-state index in [1.807, 2.05) is 13.8 Å². The van der Waals surface area contributed by atoms with Gasteiger partial charge in [0.15, 0.2) is 0 Å². The Balaban J connectivity index is 2.28. The molecule has 0 spiro atoms. The summed E-state index contributed by atoms with van der Waals surface area (Å²) < 4.78 is 31.3. The number of hydrogen-bond donors (Lipinski definition) is 2. The molecular formula is C13H28N2O4S. The van der Waals surface area contributed by atoms with E-state index in [-0.39, 0.29) is 18.5 Å². The monoisotopic (exact) mass is 308 g/mol. The van der Waals surface area contributed by atoms with Crippen LogP contribution >= 0.6 is 0 Å². The summed E-state index contributed by atoms with van der Waals surface area (Å²) in [6, 6.07) is 0.386. The van der Waals surface area contributed by atoms with E-state index < -0.39 is 10.0 Å². The Bertz CT molecular complexity index is 351. The Labute approximate surface area is 122 Å². The summed E-state index contributed by atoms with van der Waals surface area (Å²) in [5.41, 5.74) is 0. The molecule has 1 rings (SSSR count). The maximum Gasteiger partial charge on any atom is 0.214 e. The SMILES string of the molecule is CC(C)NCCCS(=O)(=O)N1CCC(OCCO)CC1. The summed E-state index contributed by atoms with van der Waals surface area (Å²) in [5.74, 6) is 0.203. The molecule has 6 nitrogen and oxygen atoms in total. The molecule has 1 heterocycles. The van der Waals surface area contributed by atoms with Crippen molar-refractivity contribution in [2.24, 2.45) is 0 Å². The molecule has 1 aliphatic rings. The number of sulfonamides is 1. The van der Waals surface area contributed by atoms with Crippen LogP contribution in [0.1, 0.15) is 33.1 Å². The fourth-order valence-electron chi connectivity index (χ4n) is 2.27. The van der Waals surface area contributed by atoms with Crippen LogP contribution in [0.4, 0.5) is 0 Å². The minimum absolute atomic E-state index is 0.0152. The van der Waals surface area contributed by atoms with Crippen molar-refractivity contribution in [1.29, 1.82) is 0 Å². The standard InChI is InChI=1S/C13H28N2O4S/c1-12(2)14-6-3-11-20(17,18)15-7-4-13(5-8-15)19-10-9-16/h12-14,16H,3-11H2,1-2H3. The van der Waals surface area contributed by atoms with E-state index in [4.69, 9.17) is 9.84 Å². The molecule has 0 aromatic heterocycles. The van der Waals surface area contributed by atoms with Gasteiger partial charge in [-0.1, -0.05) is 13.8 Å². The van der Waals surface area contributed by atoms with Gasteiger partial charge in [0.1, 0.15) is 0 Å². The second-order valence-electron chi connectivity index (χ2n) is 5.47. The maximum absolute atomic E-state index is 12.2. The van der Waals surface area contributed by atoms with Crippen LogP contribution < -0.4 is 5.32 Å². The quantitative estimate of drug-likeness (QED) is 0.594. The molecule has 1 fully saturated rings. The smallest absolute Gasteiger partial charge is 0.214 e. The highest BCUT2D eigenvalue weighted by molar-refractivity contribution is 7.89. The largest absolute Gasteiger partial charge is 0.394 e. The van der Waals surface area contributed by atoms with Crippen LogP contribution in [0.2, 0.25) is 0 Å². The first kappa shape index (κ1) is 17.8. The Morgan fingerprint density at radius 1 is 1.35 bits per heavy atom. The summed E-state index contributed by atoms with van der Waals surface area (Å²) in [4.78, 5) is 0. The normalized spacial score (nSPS) is 18.8. The lowest BCUT2D eigenvalue weighted by Gasteiger charge is -2.31. The van der Waals surface area contributed by atoms with Crippen LogP contribution in [-0.4, -0.2) is 68.6 Å². The van der Waals surface area contributed by atoms with E-state index in [1.165, 1.54) is 0 Å². The number of aliphatic hydroxyl groups is 1. The predicted octanol–water partition coefficient (Wildman–Crippen LogP) is 0.178. The molecule has 0 aromatic rings. The highest BCUT2D eigenvalue weighted by Gasteiger charge is 2.27. The lowest BCUT2D eigenvalue weighted by Crippen LogP contribution is -2.42. The predicted molar refractivity (Wildman–Crippen MR) is 79.2 cm³/mol. The minimum Gasteiger partial charge on any atom is -0.394 e. The van der Waals surface area contributed by atoms with Gasteiger partial charge >= 0.3 is 0 Å². The lowest BCUT2D eigenvalue weighted by molar-refractivity contribution is 0.00319. The maximum atomic E-state index is 12.2. The van der Waals surface area contributed by atoms with E-state index in [9.17, 15) is 8.42 Å². The van der Waals surface area contributed by atoms with Gasteiger partial charge in [0.2, 0.25) is 10.0 Å². The number of rotatable bonds is 9. The summed E-state index contributed by atoms with van der Waals surface area (Å²) in [7, 11) is -3.14. The third-order valence-electron chi connectivity index (χ3n) is 3.37. The Morgan fingerprint density at radius 3 is 2.55 bits per heavy atom. The molecule has 1 aliphatic heterocycles. The van der Waals surface area contributed by atoms with Crippen molar-refractivity contribution in [3.63, 3.8) is 0 Å². The van der Waals surface area contributed by atoms with Gasteiger partial charge in [0, 0.05) is 19.1 Å². The second kappa shape index (κ2) is 8.94. The molecule has 20 heavy (non-hydrogen) atoms. The highest BCUT2D eigenvalue weighted by atomic mass is 32.2. The van der Waals surface area contributed by atoms with Gasteiger partial charge < -0.3 is 15.2 Å². The zero-order valence-corrected chi connectivity index (χ0v) is 13.4. The summed E-state index contributed by atoms with van der Waals surface area (Å²) in [6.07, 6.45) is 2.14. The fraction of sp³-hybridized carbons (Fsp3) is 1.00. The average Bonchev–Trinajstić information content (AvgIpc) is 2.42. The van der Waals surface area contributed by atoms with Crippen molar-refractivity contribution < 1.29 is 18.3 Å². The summed E-state index contributed by atoms with van der Waals surface area (Å²) >= 11 is 0. The van der Waals surface area contributed by atoms with Crippen molar-refractivity contribution in [1.82, 2.24) is 9.62 Å². The van der Waals surface area contributed by atoms with E-state index >= 15 is 0 Å². The van der Waals surface area contributed by atoms with Gasteiger partial charge in [-0.25, -0.2) is 12.7 Å². The van der Waals surface area contributed by atoms with Crippen molar-refractivity contribution in [2.45, 2.75) is 45.3 Å². The molecule has 0 atom stereocenters. The molecule has 0 saturated carbocycles. The van der Waals surface area contributed by atoms with E-state index in [1.54, 1.807) is 4.31 Å². The molecule has 0 unspecified atom stereocenters. The number of ether oxygens (including phenoxy) is 1. The summed E-state index contributed by atoms with van der Waals surface area (Å²) in [6.45, 7) is 6.22. The number of hydrogen-bond acceptors (Lipinski definition) is 5. The van der Waals surface area contributed by atoms with Crippen molar-refractivity contribution in [2.75, 3.05) is 38.6 Å². The van der Waals surface area contributed by atoms with Crippen LogP contribution in [0.15, 0.2) is 0 Å². The molecule has 120 valence electrons. The first-order chi connectivity index (χ1) is 9.45. The molecule has 0 aromatic carbocycles. The molecule has 0 bridgehead atoms.